The van der Waals surface area contributed by atoms with E-state index in [1.807, 2.05) is 0 Å². The lowest BCUT2D eigenvalue weighted by atomic mass is 10.1. The number of aryl methyl sites for hydroxylation is 1. The Labute approximate surface area is 104 Å². The summed E-state index contributed by atoms with van der Waals surface area (Å²) in [6, 6.07) is 1.06. The Balaban J connectivity index is 2.58. The van der Waals surface area contributed by atoms with Crippen molar-refractivity contribution in [2.45, 2.75) is 26.2 Å². The van der Waals surface area contributed by atoms with Crippen LogP contribution >= 0.6 is 0 Å². The van der Waals surface area contributed by atoms with Gasteiger partial charge in [0.05, 0.1) is 0 Å². The maximum atomic E-state index is 13.2. The number of ketones is 1. The number of hydrogen-bond donors (Lipinski definition) is 0. The van der Waals surface area contributed by atoms with E-state index in [0.717, 1.165) is 6.07 Å². The number of hydrogen-bond acceptors (Lipinski definition) is 3. The van der Waals surface area contributed by atoms with Crippen molar-refractivity contribution in [3.05, 3.63) is 41.2 Å². The molecule has 0 saturated heterocycles. The lowest BCUT2D eigenvalue weighted by Crippen LogP contribution is -2.02. The number of carbonyl (C=O) groups is 2. The number of aldehydes is 1. The predicted octanol–water partition coefficient (Wildman–Crippen LogP) is 2.64. The maximum Gasteiger partial charge on any atom is 0.226 e. The molecule has 0 aliphatic rings. The summed E-state index contributed by atoms with van der Waals surface area (Å²) in [6.45, 7) is 1.45. The third-order valence-electron chi connectivity index (χ3n) is 2.29. The fourth-order valence-electron chi connectivity index (χ4n) is 1.42. The van der Waals surface area contributed by atoms with Crippen molar-refractivity contribution in [2.24, 2.45) is 0 Å². The topological polar surface area (TPSA) is 47.0 Å². The largest absolute Gasteiger partial charge is 0.298 e. The molecule has 18 heavy (non-hydrogen) atoms. The number of unbranched alkanes of at least 4 members (excludes halogenated alkanes) is 1. The molecule has 1 rings (SSSR count). The fourth-order valence-corrected chi connectivity index (χ4v) is 1.42. The Bertz CT molecular complexity index is 461. The van der Waals surface area contributed by atoms with Crippen molar-refractivity contribution in [2.75, 3.05) is 0 Å². The zero-order chi connectivity index (χ0) is 13.5. The van der Waals surface area contributed by atoms with Gasteiger partial charge in [0.1, 0.15) is 11.4 Å². The minimum absolute atomic E-state index is 0.0412. The molecule has 0 aromatic carbocycles. The lowest BCUT2D eigenvalue weighted by molar-refractivity contribution is -0.112. The van der Waals surface area contributed by atoms with Crippen LogP contribution in [0.5, 0.6) is 0 Å². The molecule has 0 aliphatic heterocycles. The number of rotatable bonds is 6. The van der Waals surface area contributed by atoms with Crippen LogP contribution in [0.15, 0.2) is 18.2 Å². The first-order valence-corrected chi connectivity index (χ1v) is 5.51. The van der Waals surface area contributed by atoms with E-state index in [2.05, 4.69) is 4.98 Å². The highest BCUT2D eigenvalue weighted by atomic mass is 19.1. The third-order valence-corrected chi connectivity index (χ3v) is 2.29. The molecule has 5 heteroatoms. The van der Waals surface area contributed by atoms with Crippen LogP contribution in [-0.2, 0) is 11.2 Å². The molecule has 0 amide bonds. The first-order valence-electron chi connectivity index (χ1n) is 5.51. The number of nitrogens with zero attached hydrogens (tertiary/aromatic N) is 1. The van der Waals surface area contributed by atoms with E-state index in [1.165, 1.54) is 13.0 Å². The molecule has 0 unspecified atom stereocenters. The molecular weight excluding hydrogens is 240 g/mol. The van der Waals surface area contributed by atoms with Gasteiger partial charge in [-0.15, -0.1) is 0 Å². The standard InChI is InChI=1S/C13H13F2NO2/c1-9(18)5-3-2-4-6-10-7-12(14)11(8-17)13(15)16-10/h3,5,7-8H,2,4,6H2,1H3/b5-3-. The Morgan fingerprint density at radius 3 is 2.72 bits per heavy atom. The normalized spacial score (nSPS) is 10.8. The highest BCUT2D eigenvalue weighted by Gasteiger charge is 2.11. The molecule has 0 atom stereocenters. The van der Waals surface area contributed by atoms with E-state index in [4.69, 9.17) is 0 Å². The molecular formula is C13H13F2NO2. The summed E-state index contributed by atoms with van der Waals surface area (Å²) in [5.74, 6) is -2.02. The van der Waals surface area contributed by atoms with Gasteiger partial charge >= 0.3 is 0 Å². The quantitative estimate of drug-likeness (QED) is 0.339. The van der Waals surface area contributed by atoms with Crippen LogP contribution in [0.4, 0.5) is 8.78 Å². The SMILES string of the molecule is CC(=O)/C=C\CCCc1cc(F)c(C=O)c(F)n1. The van der Waals surface area contributed by atoms with Gasteiger partial charge in [-0.25, -0.2) is 9.37 Å². The number of pyridine rings is 1. The summed E-state index contributed by atoms with van der Waals surface area (Å²) in [6.07, 6.45) is 4.89. The highest BCUT2D eigenvalue weighted by Crippen LogP contribution is 2.12. The van der Waals surface area contributed by atoms with Crippen LogP contribution in [-0.4, -0.2) is 17.1 Å². The van der Waals surface area contributed by atoms with Crippen molar-refractivity contribution < 1.29 is 18.4 Å². The van der Waals surface area contributed by atoms with E-state index in [0.29, 0.717) is 19.3 Å². The van der Waals surface area contributed by atoms with Crippen LogP contribution in [0.2, 0.25) is 0 Å². The monoisotopic (exact) mass is 253 g/mol. The number of allylic oxidation sites excluding steroid dienone is 2. The lowest BCUT2D eigenvalue weighted by Gasteiger charge is -2.02. The average Bonchev–Trinajstić information content (AvgIpc) is 2.27. The molecule has 3 nitrogen and oxygen atoms in total. The Hall–Kier alpha value is -1.91. The summed E-state index contributed by atoms with van der Waals surface area (Å²) < 4.78 is 26.4. The number of carbonyl (C=O) groups excluding carboxylic acids is 2. The molecule has 0 spiro atoms. The minimum Gasteiger partial charge on any atom is -0.298 e. The van der Waals surface area contributed by atoms with Crippen molar-refractivity contribution in [3.63, 3.8) is 0 Å². The summed E-state index contributed by atoms with van der Waals surface area (Å²) >= 11 is 0. The first-order chi connectivity index (χ1) is 8.54. The van der Waals surface area contributed by atoms with E-state index in [1.54, 1.807) is 6.08 Å². The van der Waals surface area contributed by atoms with E-state index < -0.39 is 17.3 Å². The highest BCUT2D eigenvalue weighted by molar-refractivity contribution is 5.87. The minimum atomic E-state index is -1.08. The second-order valence-corrected chi connectivity index (χ2v) is 3.82. The van der Waals surface area contributed by atoms with Crippen molar-refractivity contribution in [1.82, 2.24) is 4.98 Å². The van der Waals surface area contributed by atoms with Crippen LogP contribution in [0.3, 0.4) is 0 Å². The predicted molar refractivity (Wildman–Crippen MR) is 62.3 cm³/mol. The van der Waals surface area contributed by atoms with Crippen LogP contribution in [0.1, 0.15) is 35.8 Å². The molecule has 1 aromatic rings. The van der Waals surface area contributed by atoms with E-state index in [9.17, 15) is 18.4 Å². The summed E-state index contributed by atoms with van der Waals surface area (Å²) in [7, 11) is 0. The van der Waals surface area contributed by atoms with Gasteiger partial charge in [0.2, 0.25) is 5.95 Å². The summed E-state index contributed by atoms with van der Waals surface area (Å²) in [5, 5.41) is 0. The molecule has 96 valence electrons. The van der Waals surface area contributed by atoms with E-state index >= 15 is 0 Å². The number of aromatic nitrogens is 1. The van der Waals surface area contributed by atoms with Gasteiger partial charge < -0.3 is 0 Å². The second-order valence-electron chi connectivity index (χ2n) is 3.82. The third kappa shape index (κ3) is 4.16. The van der Waals surface area contributed by atoms with Crippen molar-refractivity contribution in [1.29, 1.82) is 0 Å². The molecule has 0 N–H and O–H groups in total. The average molecular weight is 253 g/mol. The zero-order valence-corrected chi connectivity index (χ0v) is 9.95. The molecule has 0 saturated carbocycles. The van der Waals surface area contributed by atoms with Gasteiger partial charge in [-0.3, -0.25) is 9.59 Å². The fraction of sp³-hybridized carbons (Fsp3) is 0.308. The van der Waals surface area contributed by atoms with E-state index in [-0.39, 0.29) is 17.8 Å². The Morgan fingerprint density at radius 2 is 2.17 bits per heavy atom. The van der Waals surface area contributed by atoms with Gasteiger partial charge in [-0.2, -0.15) is 4.39 Å². The molecule has 1 aromatic heterocycles. The maximum absolute atomic E-state index is 13.2. The Kier molecular flexibility index (Phi) is 5.30. The zero-order valence-electron chi connectivity index (χ0n) is 9.95. The molecule has 0 fully saturated rings. The molecule has 0 aliphatic carbocycles. The van der Waals surface area contributed by atoms with Gasteiger partial charge in [-0.1, -0.05) is 6.08 Å². The molecule has 0 radical (unpaired) electrons. The first kappa shape index (κ1) is 14.2. The smallest absolute Gasteiger partial charge is 0.226 e. The van der Waals surface area contributed by atoms with Crippen LogP contribution in [0, 0.1) is 11.8 Å². The van der Waals surface area contributed by atoms with Crippen LogP contribution in [0.25, 0.3) is 0 Å². The summed E-state index contributed by atoms with van der Waals surface area (Å²) in [4.78, 5) is 24.5. The molecule has 0 bridgehead atoms. The van der Waals surface area contributed by atoms with Crippen molar-refractivity contribution in [3.8, 4) is 0 Å². The van der Waals surface area contributed by atoms with Gasteiger partial charge in [0.25, 0.3) is 0 Å². The second kappa shape index (κ2) is 6.74. The van der Waals surface area contributed by atoms with Gasteiger partial charge in [0.15, 0.2) is 12.1 Å². The summed E-state index contributed by atoms with van der Waals surface area (Å²) in [5.41, 5.74) is -0.387. The Morgan fingerprint density at radius 1 is 1.44 bits per heavy atom. The molecule has 1 heterocycles. The van der Waals surface area contributed by atoms with Gasteiger partial charge in [-0.05, 0) is 38.3 Å². The van der Waals surface area contributed by atoms with Gasteiger partial charge in [0, 0.05) is 5.69 Å². The van der Waals surface area contributed by atoms with Crippen LogP contribution < -0.4 is 0 Å². The number of halogens is 2. The van der Waals surface area contributed by atoms with Crippen molar-refractivity contribution >= 4 is 12.1 Å².